The number of nitrogens with zero attached hydrogens (tertiary/aromatic N) is 2. The smallest absolute Gasteiger partial charge is 0.257 e. The molecule has 0 atom stereocenters. The molecule has 0 spiro atoms. The first kappa shape index (κ1) is 13.5. The van der Waals surface area contributed by atoms with E-state index in [-0.39, 0.29) is 17.7 Å². The molecule has 0 saturated carbocycles. The summed E-state index contributed by atoms with van der Waals surface area (Å²) in [5, 5.41) is 0. The third-order valence-electron chi connectivity index (χ3n) is 3.65. The van der Waals surface area contributed by atoms with Crippen molar-refractivity contribution in [2.24, 2.45) is 0 Å². The number of H-pyrrole nitrogens is 1. The highest BCUT2D eigenvalue weighted by Crippen LogP contribution is 2.18. The topological polar surface area (TPSA) is 66.1 Å². The van der Waals surface area contributed by atoms with E-state index in [1.807, 2.05) is 0 Å². The summed E-state index contributed by atoms with van der Waals surface area (Å²) in [5.41, 5.74) is 1.79. The number of hydrogen-bond donors (Lipinski definition) is 1. The molecule has 0 saturated heterocycles. The third kappa shape index (κ3) is 2.44. The minimum Gasteiger partial charge on any atom is -0.334 e. The highest BCUT2D eigenvalue weighted by Gasteiger charge is 2.26. The minimum absolute atomic E-state index is 0.0405. The first-order valence-electron chi connectivity index (χ1n) is 6.67. The summed E-state index contributed by atoms with van der Waals surface area (Å²) in [5.74, 6) is -0.943. The molecule has 1 N–H and O–H groups in total. The summed E-state index contributed by atoms with van der Waals surface area (Å²) < 4.78 is 13.8. The maximum atomic E-state index is 13.8. The number of amides is 1. The Balaban J connectivity index is 1.92. The maximum absolute atomic E-state index is 13.8. The fourth-order valence-corrected chi connectivity index (χ4v) is 2.50. The Bertz CT molecular complexity index is 770. The molecule has 6 heteroatoms. The number of halogens is 1. The lowest BCUT2D eigenvalue weighted by atomic mass is 10.0. The number of carbonyl (C=O) groups excluding carboxylic acids is 1. The lowest BCUT2D eigenvalue weighted by Crippen LogP contribution is -2.39. The van der Waals surface area contributed by atoms with Crippen molar-refractivity contribution in [2.45, 2.75) is 19.9 Å². The summed E-state index contributed by atoms with van der Waals surface area (Å²) in [7, 11) is 0. The van der Waals surface area contributed by atoms with Gasteiger partial charge in [-0.15, -0.1) is 0 Å². The van der Waals surface area contributed by atoms with Gasteiger partial charge in [-0.05, 0) is 19.1 Å². The van der Waals surface area contributed by atoms with Crippen LogP contribution in [0.2, 0.25) is 0 Å². The summed E-state index contributed by atoms with van der Waals surface area (Å²) in [4.78, 5) is 32.3. The fraction of sp³-hybridized carbons (Fsp3) is 0.267. The predicted molar refractivity (Wildman–Crippen MR) is 74.4 cm³/mol. The molecular weight excluding hydrogens is 273 g/mol. The van der Waals surface area contributed by atoms with Gasteiger partial charge >= 0.3 is 0 Å². The SMILES string of the molecule is Cc1ccc(F)c(C(=O)N2CCc3nc[nH]c(=O)c3C2)c1. The second kappa shape index (κ2) is 5.12. The van der Waals surface area contributed by atoms with Crippen molar-refractivity contribution in [2.75, 3.05) is 6.54 Å². The van der Waals surface area contributed by atoms with Crippen LogP contribution in [0.3, 0.4) is 0 Å². The normalized spacial score (nSPS) is 13.9. The van der Waals surface area contributed by atoms with Gasteiger partial charge in [0.25, 0.3) is 11.5 Å². The molecule has 1 aliphatic rings. The molecule has 1 aliphatic heterocycles. The van der Waals surface area contributed by atoms with Gasteiger partial charge in [-0.1, -0.05) is 11.6 Å². The van der Waals surface area contributed by atoms with E-state index >= 15 is 0 Å². The van der Waals surface area contributed by atoms with Crippen LogP contribution in [0, 0.1) is 12.7 Å². The van der Waals surface area contributed by atoms with E-state index in [0.717, 1.165) is 5.56 Å². The Hall–Kier alpha value is -2.50. The molecule has 1 aromatic carbocycles. The van der Waals surface area contributed by atoms with E-state index in [9.17, 15) is 14.0 Å². The molecule has 0 bridgehead atoms. The zero-order chi connectivity index (χ0) is 15.0. The second-order valence-corrected chi connectivity index (χ2v) is 5.12. The Morgan fingerprint density at radius 2 is 2.24 bits per heavy atom. The van der Waals surface area contributed by atoms with E-state index in [1.54, 1.807) is 13.0 Å². The average molecular weight is 287 g/mol. The van der Waals surface area contributed by atoms with Crippen LogP contribution in [0.1, 0.15) is 27.2 Å². The molecule has 21 heavy (non-hydrogen) atoms. The fourth-order valence-electron chi connectivity index (χ4n) is 2.50. The molecule has 0 unspecified atom stereocenters. The highest BCUT2D eigenvalue weighted by atomic mass is 19.1. The zero-order valence-corrected chi connectivity index (χ0v) is 11.5. The number of hydrogen-bond acceptors (Lipinski definition) is 3. The van der Waals surface area contributed by atoms with Crippen LogP contribution in [0.15, 0.2) is 29.3 Å². The molecule has 2 heterocycles. The first-order valence-corrected chi connectivity index (χ1v) is 6.67. The third-order valence-corrected chi connectivity index (χ3v) is 3.65. The van der Waals surface area contributed by atoms with Crippen molar-refractivity contribution in [3.8, 4) is 0 Å². The van der Waals surface area contributed by atoms with Gasteiger partial charge in [0, 0.05) is 13.0 Å². The highest BCUT2D eigenvalue weighted by molar-refractivity contribution is 5.94. The Kier molecular flexibility index (Phi) is 3.29. The Morgan fingerprint density at radius 3 is 3.05 bits per heavy atom. The molecule has 3 rings (SSSR count). The van der Waals surface area contributed by atoms with Crippen LogP contribution in [0.5, 0.6) is 0 Å². The van der Waals surface area contributed by atoms with Crippen LogP contribution in [0.25, 0.3) is 0 Å². The number of fused-ring (bicyclic) bond motifs is 1. The summed E-state index contributed by atoms with van der Waals surface area (Å²) >= 11 is 0. The number of aryl methyl sites for hydroxylation is 1. The number of nitrogens with one attached hydrogen (secondary N) is 1. The number of carbonyl (C=O) groups is 1. The first-order chi connectivity index (χ1) is 10.1. The minimum atomic E-state index is -0.545. The Morgan fingerprint density at radius 1 is 1.43 bits per heavy atom. The number of aromatic nitrogens is 2. The molecule has 5 nitrogen and oxygen atoms in total. The molecule has 0 aliphatic carbocycles. The molecule has 2 aromatic rings. The van der Waals surface area contributed by atoms with Gasteiger partial charge in [0.05, 0.1) is 29.7 Å². The van der Waals surface area contributed by atoms with E-state index in [1.165, 1.54) is 23.4 Å². The standard InChI is InChI=1S/C15H14FN3O2/c1-9-2-3-12(16)10(6-9)15(21)19-5-4-13-11(7-19)14(20)18-8-17-13/h2-3,6,8H,4-5,7H2,1H3,(H,17,18,20). The van der Waals surface area contributed by atoms with Crippen molar-refractivity contribution in [3.63, 3.8) is 0 Å². The molecule has 108 valence electrons. The molecule has 0 fully saturated rings. The van der Waals surface area contributed by atoms with Crippen LogP contribution >= 0.6 is 0 Å². The number of aromatic amines is 1. The van der Waals surface area contributed by atoms with Crippen LogP contribution in [-0.4, -0.2) is 27.3 Å². The van der Waals surface area contributed by atoms with Crippen molar-refractivity contribution in [1.82, 2.24) is 14.9 Å². The van der Waals surface area contributed by atoms with E-state index in [4.69, 9.17) is 0 Å². The van der Waals surface area contributed by atoms with Gasteiger partial charge in [0.2, 0.25) is 0 Å². The lowest BCUT2D eigenvalue weighted by Gasteiger charge is -2.27. The molecule has 1 amide bonds. The lowest BCUT2D eigenvalue weighted by molar-refractivity contribution is 0.0727. The van der Waals surface area contributed by atoms with E-state index in [2.05, 4.69) is 9.97 Å². The van der Waals surface area contributed by atoms with Gasteiger partial charge in [-0.25, -0.2) is 9.37 Å². The second-order valence-electron chi connectivity index (χ2n) is 5.12. The predicted octanol–water partition coefficient (Wildman–Crippen LogP) is 1.42. The maximum Gasteiger partial charge on any atom is 0.257 e. The molecular formula is C15H14FN3O2. The molecule has 0 radical (unpaired) electrons. The molecule has 1 aromatic heterocycles. The summed E-state index contributed by atoms with van der Waals surface area (Å²) in [6.45, 7) is 2.39. The largest absolute Gasteiger partial charge is 0.334 e. The summed E-state index contributed by atoms with van der Waals surface area (Å²) in [6.07, 6.45) is 1.86. The van der Waals surface area contributed by atoms with Gasteiger partial charge < -0.3 is 9.88 Å². The summed E-state index contributed by atoms with van der Waals surface area (Å²) in [6, 6.07) is 4.43. The van der Waals surface area contributed by atoms with Crippen molar-refractivity contribution < 1.29 is 9.18 Å². The number of benzene rings is 1. The van der Waals surface area contributed by atoms with Gasteiger partial charge in [-0.2, -0.15) is 0 Å². The number of rotatable bonds is 1. The van der Waals surface area contributed by atoms with Crippen LogP contribution < -0.4 is 5.56 Å². The van der Waals surface area contributed by atoms with E-state index in [0.29, 0.717) is 24.2 Å². The van der Waals surface area contributed by atoms with Crippen LogP contribution in [0.4, 0.5) is 4.39 Å². The zero-order valence-electron chi connectivity index (χ0n) is 11.5. The van der Waals surface area contributed by atoms with Crippen LogP contribution in [-0.2, 0) is 13.0 Å². The van der Waals surface area contributed by atoms with Crippen molar-refractivity contribution >= 4 is 5.91 Å². The quantitative estimate of drug-likeness (QED) is 0.862. The van der Waals surface area contributed by atoms with Gasteiger partial charge in [0.15, 0.2) is 0 Å². The van der Waals surface area contributed by atoms with Gasteiger partial charge in [0.1, 0.15) is 5.82 Å². The monoisotopic (exact) mass is 287 g/mol. The van der Waals surface area contributed by atoms with Crippen molar-refractivity contribution in [3.05, 3.63) is 63.1 Å². The Labute approximate surface area is 120 Å². The van der Waals surface area contributed by atoms with Crippen molar-refractivity contribution in [1.29, 1.82) is 0 Å². The van der Waals surface area contributed by atoms with E-state index < -0.39 is 11.7 Å². The van der Waals surface area contributed by atoms with Gasteiger partial charge in [-0.3, -0.25) is 9.59 Å². The average Bonchev–Trinajstić information content (AvgIpc) is 2.49.